The van der Waals surface area contributed by atoms with Crippen LogP contribution in [0.1, 0.15) is 86.5 Å². The molecule has 8 fully saturated rings. The van der Waals surface area contributed by atoms with Gasteiger partial charge in [-0.25, -0.2) is 29.9 Å². The molecular weight excluding hydrogens is 1500 g/mol. The third kappa shape index (κ3) is 10.4. The standard InChI is InChI=1S/C57H41N3O2.C57H41N3O/c1-2-12-35(13-3-1)54-58-55(37-23-25-50-51(32-37)62-49-21-11-10-20-48(49)61-50)60-56(59-54)53-44-17-6-4-15-42(44)52(43-16-5-7-18-45(43)53)36-22-24-41-40-14-8-9-19-46(40)57(47(41)31-36)38-27-33-26-34(29-38)30-39(57)28-33;1-2-12-35(13-3-1)54-58-55(37-23-25-43-42-15-9-11-21-50(42)61-51(43)32-37)60-56(59-54)53-46-18-6-4-16-44(46)52(45-17-5-7-19-47(45)53)36-22-24-41-40-14-8-10-20-48(40)57(49(41)31-36)38-27-33-26-34(29-38)30-39(57)28-33/h1-25,31-34,38-39H,26-30H2;1-25,31-34,38-39H,26-30H2. The summed E-state index contributed by atoms with van der Waals surface area (Å²) in [5.74, 6) is 12.8. The molecule has 586 valence electrons. The van der Waals surface area contributed by atoms with Crippen LogP contribution in [0, 0.1) is 47.3 Å². The van der Waals surface area contributed by atoms with Crippen LogP contribution in [0.15, 0.2) is 332 Å². The van der Waals surface area contributed by atoms with E-state index < -0.39 is 0 Å². The Hall–Kier alpha value is -14.0. The fraction of sp³-hybridized carbons (Fsp3) is 0.175. The number of benzene rings is 16. The zero-order valence-corrected chi connectivity index (χ0v) is 67.8. The first kappa shape index (κ1) is 69.7. The second kappa shape index (κ2) is 26.7. The molecule has 0 N–H and O–H groups in total. The van der Waals surface area contributed by atoms with Crippen molar-refractivity contribution < 1.29 is 13.9 Å². The first-order chi connectivity index (χ1) is 60.9. The Labute approximate surface area is 712 Å². The molecule has 0 radical (unpaired) electrons. The summed E-state index contributed by atoms with van der Waals surface area (Å²) in [6.07, 6.45) is 13.8. The topological polar surface area (TPSA) is 109 Å². The van der Waals surface area contributed by atoms with E-state index in [0.29, 0.717) is 81.6 Å². The van der Waals surface area contributed by atoms with Crippen LogP contribution in [-0.2, 0) is 10.8 Å². The number of fused-ring (bicyclic) bond motifs is 15. The lowest BCUT2D eigenvalue weighted by molar-refractivity contribution is -0.0399. The minimum absolute atomic E-state index is 0.0905. The second-order valence-electron chi connectivity index (χ2n) is 36.6. The van der Waals surface area contributed by atoms with Crippen molar-refractivity contribution in [3.8, 4) is 136 Å². The molecule has 0 amide bonds. The van der Waals surface area contributed by atoms with Crippen LogP contribution in [0.25, 0.3) is 178 Å². The summed E-state index contributed by atoms with van der Waals surface area (Å²) in [6, 6.07) is 118. The molecule has 9 nitrogen and oxygen atoms in total. The van der Waals surface area contributed by atoms with Gasteiger partial charge in [-0.1, -0.05) is 267 Å². The molecule has 0 saturated heterocycles. The average Bonchev–Trinajstić information content (AvgIpc) is 1.53. The summed E-state index contributed by atoms with van der Waals surface area (Å²) in [6.45, 7) is 0. The van der Waals surface area contributed by atoms with E-state index in [0.717, 1.165) is 101 Å². The summed E-state index contributed by atoms with van der Waals surface area (Å²) < 4.78 is 18.9. The van der Waals surface area contributed by atoms with Gasteiger partial charge in [-0.2, -0.15) is 0 Å². The van der Waals surface area contributed by atoms with Crippen molar-refractivity contribution >= 4 is 65.0 Å². The number of furan rings is 1. The molecule has 16 aromatic carbocycles. The molecule has 3 aromatic heterocycles. The molecule has 8 bridgehead atoms. The Kier molecular flexibility index (Phi) is 15.2. The van der Waals surface area contributed by atoms with E-state index in [1.165, 1.54) is 130 Å². The van der Waals surface area contributed by atoms with Crippen LogP contribution in [0.5, 0.6) is 23.0 Å². The first-order valence-corrected chi connectivity index (χ1v) is 44.4. The van der Waals surface area contributed by atoms with Crippen LogP contribution < -0.4 is 9.47 Å². The molecule has 4 heterocycles. The summed E-state index contributed by atoms with van der Waals surface area (Å²) in [7, 11) is 0. The number of nitrogens with zero attached hydrogens (tertiary/aromatic N) is 6. The SMILES string of the molecule is c1ccc(-c2nc(-c3ccc4c(c3)Oc3ccccc3O4)nc(-c3c4ccccc4c(-c4ccc5c(c4)C4(c6ccccc6-5)C5CC6CC(C5)CC4C6)c4ccccc34)n2)cc1.c1ccc(-c2nc(-c3ccc4c(c3)oc3ccccc34)nc(-c3c4ccccc4c(-c4ccc5c(c4)C4(c6ccccc6-5)C5CC6CC(C5)CC4C6)c4ccccc34)n2)cc1. The number of aromatic nitrogens is 6. The summed E-state index contributed by atoms with van der Waals surface area (Å²) in [4.78, 5) is 31.6. The maximum absolute atomic E-state index is 6.35. The molecule has 30 rings (SSSR count). The molecule has 9 heteroatoms. The van der Waals surface area contributed by atoms with Crippen LogP contribution >= 0.6 is 0 Å². The van der Waals surface area contributed by atoms with E-state index >= 15 is 0 Å². The fourth-order valence-electron chi connectivity index (χ4n) is 26.2. The van der Waals surface area contributed by atoms with Crippen LogP contribution in [0.4, 0.5) is 0 Å². The van der Waals surface area contributed by atoms with Crippen LogP contribution in [0.2, 0.25) is 0 Å². The minimum atomic E-state index is 0.0905. The van der Waals surface area contributed by atoms with Crippen molar-refractivity contribution in [1.82, 2.24) is 29.9 Å². The zero-order valence-electron chi connectivity index (χ0n) is 67.8. The maximum Gasteiger partial charge on any atom is 0.170 e. The largest absolute Gasteiger partial charge is 0.456 e. The fourth-order valence-corrected chi connectivity index (χ4v) is 26.2. The van der Waals surface area contributed by atoms with Crippen LogP contribution in [0.3, 0.4) is 0 Å². The van der Waals surface area contributed by atoms with E-state index in [1.54, 1.807) is 22.3 Å². The lowest BCUT2D eigenvalue weighted by atomic mass is 9.43. The zero-order chi connectivity index (χ0) is 80.3. The molecule has 1 aliphatic heterocycles. The van der Waals surface area contributed by atoms with Gasteiger partial charge in [-0.05, 0) is 282 Å². The molecule has 0 unspecified atom stereocenters. The van der Waals surface area contributed by atoms with Gasteiger partial charge in [0.25, 0.3) is 0 Å². The normalized spacial score (nSPS) is 22.2. The van der Waals surface area contributed by atoms with E-state index in [1.807, 2.05) is 91.0 Å². The number of rotatable bonds is 8. The van der Waals surface area contributed by atoms with Gasteiger partial charge < -0.3 is 13.9 Å². The van der Waals surface area contributed by atoms with Gasteiger partial charge in [0.05, 0.1) is 0 Å². The molecule has 19 aromatic rings. The molecule has 10 aliphatic carbocycles. The predicted molar refractivity (Wildman–Crippen MR) is 494 cm³/mol. The Morgan fingerprint density at radius 2 is 0.520 bits per heavy atom. The molecule has 8 saturated carbocycles. The average molecular weight is 1580 g/mol. The van der Waals surface area contributed by atoms with E-state index in [2.05, 4.69) is 237 Å². The van der Waals surface area contributed by atoms with Crippen molar-refractivity contribution in [2.24, 2.45) is 47.3 Å². The monoisotopic (exact) mass is 1580 g/mol. The number of ether oxygens (including phenoxy) is 2. The van der Waals surface area contributed by atoms with E-state index in [-0.39, 0.29) is 10.8 Å². The van der Waals surface area contributed by atoms with Gasteiger partial charge in [-0.15, -0.1) is 0 Å². The molecule has 123 heavy (non-hydrogen) atoms. The Morgan fingerprint density at radius 3 is 0.967 bits per heavy atom. The summed E-state index contributed by atoms with van der Waals surface area (Å²) >= 11 is 0. The quantitative estimate of drug-likeness (QED) is 0.137. The molecule has 2 spiro atoms. The number of hydrogen-bond acceptors (Lipinski definition) is 9. The lowest BCUT2D eigenvalue weighted by Gasteiger charge is -2.61. The predicted octanol–water partition coefficient (Wildman–Crippen LogP) is 28.9. The lowest BCUT2D eigenvalue weighted by Crippen LogP contribution is -2.55. The number of hydrogen-bond donors (Lipinski definition) is 0. The Bertz CT molecular complexity index is 7530. The summed E-state index contributed by atoms with van der Waals surface area (Å²) in [5, 5.41) is 11.5. The first-order valence-electron chi connectivity index (χ1n) is 44.4. The molecule has 11 aliphatic rings. The van der Waals surface area contributed by atoms with Crippen molar-refractivity contribution in [1.29, 1.82) is 0 Å². The third-order valence-electron chi connectivity index (χ3n) is 30.5. The Morgan fingerprint density at radius 1 is 0.203 bits per heavy atom. The van der Waals surface area contributed by atoms with Gasteiger partial charge in [0.2, 0.25) is 0 Å². The summed E-state index contributed by atoms with van der Waals surface area (Å²) in [5.41, 5.74) is 24.7. The maximum atomic E-state index is 6.35. The third-order valence-corrected chi connectivity index (χ3v) is 30.5. The Balaban J connectivity index is 0.000000129. The smallest absolute Gasteiger partial charge is 0.170 e. The van der Waals surface area contributed by atoms with Crippen LogP contribution in [-0.4, -0.2) is 29.9 Å². The molecule has 0 atom stereocenters. The van der Waals surface area contributed by atoms with Crippen molar-refractivity contribution in [3.63, 3.8) is 0 Å². The molecular formula is C114H82N6O3. The highest BCUT2D eigenvalue weighted by atomic mass is 16.6. The van der Waals surface area contributed by atoms with Crippen molar-refractivity contribution in [2.45, 2.75) is 75.0 Å². The van der Waals surface area contributed by atoms with Crippen molar-refractivity contribution in [3.05, 3.63) is 350 Å². The highest BCUT2D eigenvalue weighted by molar-refractivity contribution is 6.23. The highest BCUT2D eigenvalue weighted by Gasteiger charge is 2.63. The van der Waals surface area contributed by atoms with Gasteiger partial charge in [0.1, 0.15) is 11.2 Å². The van der Waals surface area contributed by atoms with E-state index in [4.69, 9.17) is 43.8 Å². The van der Waals surface area contributed by atoms with Crippen molar-refractivity contribution in [2.75, 3.05) is 0 Å². The van der Waals surface area contributed by atoms with Gasteiger partial charge in [0, 0.05) is 55.0 Å². The van der Waals surface area contributed by atoms with Gasteiger partial charge >= 0.3 is 0 Å². The highest BCUT2D eigenvalue weighted by Crippen LogP contribution is 2.72. The minimum Gasteiger partial charge on any atom is -0.456 e. The van der Waals surface area contributed by atoms with E-state index in [9.17, 15) is 0 Å². The van der Waals surface area contributed by atoms with Gasteiger partial charge in [0.15, 0.2) is 57.9 Å². The van der Waals surface area contributed by atoms with Gasteiger partial charge in [-0.3, -0.25) is 0 Å². The second-order valence-corrected chi connectivity index (χ2v) is 36.6. The number of para-hydroxylation sites is 3.